The number of fused-ring (bicyclic) bond motifs is 1. The first-order chi connectivity index (χ1) is 9.61. The summed E-state index contributed by atoms with van der Waals surface area (Å²) >= 11 is 14.8. The monoisotopic (exact) mass is 370 g/mol. The van der Waals surface area contributed by atoms with Gasteiger partial charge in [-0.3, -0.25) is 4.57 Å². The van der Waals surface area contributed by atoms with Gasteiger partial charge in [-0.25, -0.2) is 4.98 Å². The minimum atomic E-state index is 0.447. The van der Waals surface area contributed by atoms with E-state index in [4.69, 9.17) is 28.6 Å². The standard InChI is InChI=1S/C12H8BrClN4OS/c1-19-11-9-10(15-5-16-11)18(12(20)17-9)6-2-3-7(13)8(14)4-6/h2-5H,1H3,(H,17,20). The average molecular weight is 372 g/mol. The molecule has 5 nitrogen and oxygen atoms in total. The molecule has 0 fully saturated rings. The van der Waals surface area contributed by atoms with Crippen molar-refractivity contribution < 1.29 is 4.74 Å². The number of aromatic amines is 1. The van der Waals surface area contributed by atoms with E-state index in [9.17, 15) is 0 Å². The van der Waals surface area contributed by atoms with Gasteiger partial charge in [-0.05, 0) is 46.3 Å². The van der Waals surface area contributed by atoms with E-state index in [0.29, 0.717) is 26.8 Å². The van der Waals surface area contributed by atoms with Gasteiger partial charge in [-0.1, -0.05) is 11.6 Å². The minimum Gasteiger partial charge on any atom is -0.479 e. The highest BCUT2D eigenvalue weighted by Gasteiger charge is 2.13. The van der Waals surface area contributed by atoms with E-state index in [-0.39, 0.29) is 0 Å². The molecule has 0 saturated heterocycles. The van der Waals surface area contributed by atoms with E-state index in [1.165, 1.54) is 6.33 Å². The molecular weight excluding hydrogens is 364 g/mol. The Balaban J connectivity index is 2.33. The van der Waals surface area contributed by atoms with Gasteiger partial charge < -0.3 is 9.72 Å². The Kier molecular flexibility index (Phi) is 3.49. The first-order valence-corrected chi connectivity index (χ1v) is 7.15. The number of aromatic nitrogens is 4. The minimum absolute atomic E-state index is 0.447. The van der Waals surface area contributed by atoms with Crippen molar-refractivity contribution in [3.05, 3.63) is 38.8 Å². The number of halogens is 2. The van der Waals surface area contributed by atoms with E-state index in [2.05, 4.69) is 30.9 Å². The zero-order valence-corrected chi connectivity index (χ0v) is 13.4. The first kappa shape index (κ1) is 13.5. The van der Waals surface area contributed by atoms with Crippen LogP contribution in [0.25, 0.3) is 16.9 Å². The van der Waals surface area contributed by atoms with Crippen molar-refractivity contribution in [1.82, 2.24) is 19.5 Å². The van der Waals surface area contributed by atoms with Gasteiger partial charge in [-0.2, -0.15) is 4.98 Å². The molecule has 102 valence electrons. The molecule has 0 aliphatic rings. The number of nitrogens with zero attached hydrogens (tertiary/aromatic N) is 3. The number of methoxy groups -OCH3 is 1. The zero-order chi connectivity index (χ0) is 14.3. The molecule has 0 amide bonds. The summed E-state index contributed by atoms with van der Waals surface area (Å²) in [5.74, 6) is 0.447. The van der Waals surface area contributed by atoms with E-state index >= 15 is 0 Å². The zero-order valence-electron chi connectivity index (χ0n) is 10.2. The van der Waals surface area contributed by atoms with Crippen LogP contribution in [0.5, 0.6) is 5.88 Å². The van der Waals surface area contributed by atoms with Crippen molar-refractivity contribution in [3.8, 4) is 11.6 Å². The second-order valence-corrected chi connectivity index (χ2v) is 5.59. The molecule has 1 N–H and O–H groups in total. The molecule has 2 aromatic heterocycles. The second-order valence-electron chi connectivity index (χ2n) is 3.95. The average Bonchev–Trinajstić information content (AvgIpc) is 2.78. The normalized spacial score (nSPS) is 10.9. The number of hydrogen-bond donors (Lipinski definition) is 1. The highest BCUT2D eigenvalue weighted by Crippen LogP contribution is 2.28. The maximum atomic E-state index is 6.13. The van der Waals surface area contributed by atoms with Crippen molar-refractivity contribution >= 4 is 50.9 Å². The molecule has 0 saturated carbocycles. The van der Waals surface area contributed by atoms with Crippen LogP contribution in [0.1, 0.15) is 0 Å². The Bertz CT molecular complexity index is 860. The Hall–Kier alpha value is -1.44. The number of hydrogen-bond acceptors (Lipinski definition) is 4. The van der Waals surface area contributed by atoms with Gasteiger partial charge in [0.15, 0.2) is 10.4 Å². The summed E-state index contributed by atoms with van der Waals surface area (Å²) in [6.07, 6.45) is 1.43. The molecular formula is C12H8BrClN4OS. The number of benzene rings is 1. The summed E-state index contributed by atoms with van der Waals surface area (Å²) in [6, 6.07) is 5.56. The van der Waals surface area contributed by atoms with Gasteiger partial charge >= 0.3 is 0 Å². The Morgan fingerprint density at radius 1 is 1.40 bits per heavy atom. The lowest BCUT2D eigenvalue weighted by Crippen LogP contribution is -1.97. The highest BCUT2D eigenvalue weighted by molar-refractivity contribution is 9.10. The summed E-state index contributed by atoms with van der Waals surface area (Å²) in [6.45, 7) is 0. The summed E-state index contributed by atoms with van der Waals surface area (Å²) in [4.78, 5) is 11.4. The molecule has 0 atom stereocenters. The van der Waals surface area contributed by atoms with Crippen LogP contribution in [0.2, 0.25) is 5.02 Å². The topological polar surface area (TPSA) is 55.7 Å². The molecule has 0 radical (unpaired) electrons. The van der Waals surface area contributed by atoms with Crippen molar-refractivity contribution in [1.29, 1.82) is 0 Å². The summed E-state index contributed by atoms with van der Waals surface area (Å²) in [5, 5.41) is 0.597. The van der Waals surface area contributed by atoms with E-state index in [1.54, 1.807) is 11.7 Å². The van der Waals surface area contributed by atoms with Crippen LogP contribution in [0, 0.1) is 4.77 Å². The molecule has 2 heterocycles. The van der Waals surface area contributed by atoms with Crippen LogP contribution in [-0.4, -0.2) is 26.6 Å². The summed E-state index contributed by atoms with van der Waals surface area (Å²) in [5.41, 5.74) is 2.11. The molecule has 0 bridgehead atoms. The van der Waals surface area contributed by atoms with E-state index in [1.807, 2.05) is 18.2 Å². The lowest BCUT2D eigenvalue weighted by atomic mass is 10.3. The third-order valence-corrected chi connectivity index (χ3v) is 4.31. The van der Waals surface area contributed by atoms with E-state index < -0.39 is 0 Å². The summed E-state index contributed by atoms with van der Waals surface area (Å²) < 4.78 is 8.30. The van der Waals surface area contributed by atoms with Gasteiger partial charge in [0.25, 0.3) is 0 Å². The third kappa shape index (κ3) is 2.11. The SMILES string of the molecule is COc1ncnc2c1[nH]c(=S)n2-c1ccc(Br)c(Cl)c1. The molecule has 0 aliphatic heterocycles. The molecule has 20 heavy (non-hydrogen) atoms. The molecule has 8 heteroatoms. The largest absolute Gasteiger partial charge is 0.479 e. The fraction of sp³-hybridized carbons (Fsp3) is 0.0833. The first-order valence-electron chi connectivity index (χ1n) is 5.57. The highest BCUT2D eigenvalue weighted by atomic mass is 79.9. The van der Waals surface area contributed by atoms with Crippen LogP contribution in [0.4, 0.5) is 0 Å². The summed E-state index contributed by atoms with van der Waals surface area (Å²) in [7, 11) is 1.55. The van der Waals surface area contributed by atoms with Crippen molar-refractivity contribution in [2.75, 3.05) is 7.11 Å². The maximum Gasteiger partial charge on any atom is 0.242 e. The predicted octanol–water partition coefficient (Wildman–Crippen LogP) is 3.90. The fourth-order valence-corrected chi connectivity index (χ4v) is 2.63. The quantitative estimate of drug-likeness (QED) is 0.694. The molecule has 3 aromatic rings. The molecule has 1 aromatic carbocycles. The third-order valence-electron chi connectivity index (χ3n) is 2.79. The van der Waals surface area contributed by atoms with Crippen molar-refractivity contribution in [2.45, 2.75) is 0 Å². The van der Waals surface area contributed by atoms with Crippen LogP contribution in [0.15, 0.2) is 29.0 Å². The Labute approximate surface area is 132 Å². The Morgan fingerprint density at radius 3 is 2.90 bits per heavy atom. The molecule has 0 unspecified atom stereocenters. The van der Waals surface area contributed by atoms with Crippen LogP contribution < -0.4 is 4.74 Å². The van der Waals surface area contributed by atoms with Gasteiger partial charge in [0.2, 0.25) is 5.88 Å². The van der Waals surface area contributed by atoms with Crippen molar-refractivity contribution in [2.24, 2.45) is 0 Å². The van der Waals surface area contributed by atoms with Gasteiger partial charge in [0.05, 0.1) is 17.8 Å². The predicted molar refractivity (Wildman–Crippen MR) is 83.3 cm³/mol. The molecule has 0 aliphatic carbocycles. The van der Waals surface area contributed by atoms with Gasteiger partial charge in [0.1, 0.15) is 11.8 Å². The maximum absolute atomic E-state index is 6.13. The van der Waals surface area contributed by atoms with Crippen molar-refractivity contribution in [3.63, 3.8) is 0 Å². The van der Waals surface area contributed by atoms with Crippen LogP contribution in [0.3, 0.4) is 0 Å². The number of imidazole rings is 1. The number of nitrogens with one attached hydrogen (secondary N) is 1. The smallest absolute Gasteiger partial charge is 0.242 e. The number of ether oxygens (including phenoxy) is 1. The lowest BCUT2D eigenvalue weighted by molar-refractivity contribution is 0.401. The fourth-order valence-electron chi connectivity index (χ4n) is 1.92. The second kappa shape index (κ2) is 5.16. The van der Waals surface area contributed by atoms with E-state index in [0.717, 1.165) is 10.2 Å². The number of rotatable bonds is 2. The Morgan fingerprint density at radius 2 is 2.20 bits per heavy atom. The van der Waals surface area contributed by atoms with Gasteiger partial charge in [-0.15, -0.1) is 0 Å². The van der Waals surface area contributed by atoms with Crippen LogP contribution in [-0.2, 0) is 0 Å². The molecule has 0 spiro atoms. The van der Waals surface area contributed by atoms with Gasteiger partial charge in [0, 0.05) is 4.47 Å². The number of H-pyrrole nitrogens is 1. The molecule has 3 rings (SSSR count). The lowest BCUT2D eigenvalue weighted by Gasteiger charge is -2.05. The van der Waals surface area contributed by atoms with Crippen LogP contribution >= 0.6 is 39.7 Å².